The fourth-order valence-corrected chi connectivity index (χ4v) is 2.24. The Hall–Kier alpha value is -2.82. The molecule has 0 saturated heterocycles. The van der Waals surface area contributed by atoms with Gasteiger partial charge in [-0.1, -0.05) is 32.9 Å². The molecule has 2 N–H and O–H groups in total. The van der Waals surface area contributed by atoms with E-state index in [0.717, 1.165) is 5.56 Å². The summed E-state index contributed by atoms with van der Waals surface area (Å²) in [5, 5.41) is 13.8. The predicted molar refractivity (Wildman–Crippen MR) is 99.5 cm³/mol. The second-order valence-corrected chi connectivity index (χ2v) is 6.68. The van der Waals surface area contributed by atoms with Crippen molar-refractivity contribution in [1.82, 2.24) is 5.43 Å². The monoisotopic (exact) mass is 340 g/mol. The summed E-state index contributed by atoms with van der Waals surface area (Å²) in [6.07, 6.45) is 1.40. The fourth-order valence-electron chi connectivity index (χ4n) is 2.24. The Balaban J connectivity index is 2.01. The van der Waals surface area contributed by atoms with Crippen molar-refractivity contribution in [3.05, 3.63) is 59.2 Å². The lowest BCUT2D eigenvalue weighted by molar-refractivity contribution is 0.0955. The van der Waals surface area contributed by atoms with Crippen molar-refractivity contribution >= 4 is 12.1 Å². The normalized spacial score (nSPS) is 11.5. The maximum atomic E-state index is 12.1. The number of phenols is 1. The van der Waals surface area contributed by atoms with Gasteiger partial charge in [0.2, 0.25) is 0 Å². The lowest BCUT2D eigenvalue weighted by Gasteiger charge is -2.18. The maximum Gasteiger partial charge on any atom is 0.271 e. The average molecular weight is 340 g/mol. The van der Waals surface area contributed by atoms with Crippen LogP contribution in [0.15, 0.2) is 47.6 Å². The third kappa shape index (κ3) is 5.08. The number of ether oxygens (including phenoxy) is 1. The van der Waals surface area contributed by atoms with Crippen LogP contribution in [-0.4, -0.2) is 23.8 Å². The number of hydrogen-bond acceptors (Lipinski definition) is 4. The maximum absolute atomic E-state index is 12.1. The van der Waals surface area contributed by atoms with Gasteiger partial charge in [0.05, 0.1) is 12.8 Å². The number of carbonyl (C=O) groups excluding carboxylic acids is 1. The number of nitrogens with zero attached hydrogens (tertiary/aromatic N) is 1. The van der Waals surface area contributed by atoms with E-state index in [1.165, 1.54) is 12.3 Å². The molecule has 0 spiro atoms. The topological polar surface area (TPSA) is 70.9 Å². The van der Waals surface area contributed by atoms with Crippen molar-refractivity contribution in [3.63, 3.8) is 0 Å². The van der Waals surface area contributed by atoms with Crippen molar-refractivity contribution in [1.29, 1.82) is 0 Å². The molecule has 0 atom stereocenters. The third-order valence-corrected chi connectivity index (χ3v) is 3.70. The SMILES string of the molecule is CCOc1ccc(/C=N\NC(=O)c2ccc(C(C)(C)C)cc2)c(O)c1. The summed E-state index contributed by atoms with van der Waals surface area (Å²) < 4.78 is 5.30. The van der Waals surface area contributed by atoms with Crippen molar-refractivity contribution in [2.24, 2.45) is 5.10 Å². The first-order valence-electron chi connectivity index (χ1n) is 8.21. The molecule has 0 aliphatic carbocycles. The molecule has 1 amide bonds. The zero-order chi connectivity index (χ0) is 18.4. The standard InChI is InChI=1S/C20H24N2O3/c1-5-25-17-11-8-15(18(23)12-17)13-21-22-19(24)14-6-9-16(10-7-14)20(2,3)4/h6-13,23H,5H2,1-4H3,(H,22,24)/b21-13-. The van der Waals surface area contributed by atoms with E-state index in [0.29, 0.717) is 23.5 Å². The van der Waals surface area contributed by atoms with Gasteiger partial charge in [0.15, 0.2) is 0 Å². The second-order valence-electron chi connectivity index (χ2n) is 6.68. The minimum Gasteiger partial charge on any atom is -0.507 e. The van der Waals surface area contributed by atoms with Crippen molar-refractivity contribution in [3.8, 4) is 11.5 Å². The summed E-state index contributed by atoms with van der Waals surface area (Å²) in [6, 6.07) is 12.4. The van der Waals surface area contributed by atoms with E-state index in [4.69, 9.17) is 4.74 Å². The number of nitrogens with one attached hydrogen (secondary N) is 1. The minimum atomic E-state index is -0.304. The smallest absolute Gasteiger partial charge is 0.271 e. The van der Waals surface area contributed by atoms with Crippen molar-refractivity contribution in [2.45, 2.75) is 33.1 Å². The van der Waals surface area contributed by atoms with Crippen molar-refractivity contribution < 1.29 is 14.6 Å². The summed E-state index contributed by atoms with van der Waals surface area (Å²) in [4.78, 5) is 12.1. The molecule has 0 radical (unpaired) electrons. The number of hydrazone groups is 1. The Morgan fingerprint density at radius 2 is 1.88 bits per heavy atom. The van der Waals surface area contributed by atoms with Gasteiger partial charge in [-0.05, 0) is 42.2 Å². The van der Waals surface area contributed by atoms with Crippen LogP contribution in [0.3, 0.4) is 0 Å². The molecule has 5 heteroatoms. The quantitative estimate of drug-likeness (QED) is 0.641. The predicted octanol–water partition coefficient (Wildman–Crippen LogP) is 3.85. The highest BCUT2D eigenvalue weighted by Crippen LogP contribution is 2.23. The lowest BCUT2D eigenvalue weighted by Crippen LogP contribution is -2.18. The van der Waals surface area contributed by atoms with E-state index in [9.17, 15) is 9.90 Å². The Labute approximate surface area is 148 Å². The van der Waals surface area contributed by atoms with Gasteiger partial charge in [0, 0.05) is 17.2 Å². The molecule has 0 fully saturated rings. The second kappa shape index (κ2) is 7.83. The number of benzene rings is 2. The van der Waals surface area contributed by atoms with Crippen molar-refractivity contribution in [2.75, 3.05) is 6.61 Å². The molecule has 5 nitrogen and oxygen atoms in total. The number of rotatable bonds is 5. The van der Waals surface area contributed by atoms with Gasteiger partial charge in [0.25, 0.3) is 5.91 Å². The summed E-state index contributed by atoms with van der Waals surface area (Å²) in [5.74, 6) is 0.320. The van der Waals surface area contributed by atoms with Gasteiger partial charge in [-0.2, -0.15) is 5.10 Å². The molecule has 2 aromatic carbocycles. The molecule has 0 aliphatic rings. The molecule has 0 saturated carbocycles. The Morgan fingerprint density at radius 3 is 2.44 bits per heavy atom. The van der Waals surface area contributed by atoms with Gasteiger partial charge < -0.3 is 9.84 Å². The van der Waals surface area contributed by atoms with Crippen LogP contribution in [0.2, 0.25) is 0 Å². The van der Waals surface area contributed by atoms with Gasteiger partial charge in [-0.25, -0.2) is 5.43 Å². The van der Waals surface area contributed by atoms with Crippen LogP contribution in [0.4, 0.5) is 0 Å². The van der Waals surface area contributed by atoms with Crippen LogP contribution in [0, 0.1) is 0 Å². The van der Waals surface area contributed by atoms with Crippen LogP contribution >= 0.6 is 0 Å². The van der Waals surface area contributed by atoms with Gasteiger partial charge in [0.1, 0.15) is 11.5 Å². The molecule has 2 rings (SSSR count). The van der Waals surface area contributed by atoms with Crippen LogP contribution in [-0.2, 0) is 5.41 Å². The molecule has 0 heterocycles. The van der Waals surface area contributed by atoms with Gasteiger partial charge >= 0.3 is 0 Å². The first-order valence-corrected chi connectivity index (χ1v) is 8.21. The summed E-state index contributed by atoms with van der Waals surface area (Å²) >= 11 is 0. The Morgan fingerprint density at radius 1 is 1.20 bits per heavy atom. The van der Waals surface area contributed by atoms with E-state index in [1.54, 1.807) is 24.3 Å². The van der Waals surface area contributed by atoms with Gasteiger partial charge in [-0.15, -0.1) is 0 Å². The number of aromatic hydroxyl groups is 1. The van der Waals surface area contributed by atoms with E-state index < -0.39 is 0 Å². The number of carbonyl (C=O) groups is 1. The molecule has 0 unspecified atom stereocenters. The molecule has 2 aromatic rings. The summed E-state index contributed by atoms with van der Waals surface area (Å²) in [6.45, 7) is 8.76. The van der Waals surface area contributed by atoms with E-state index >= 15 is 0 Å². The third-order valence-electron chi connectivity index (χ3n) is 3.70. The van der Waals surface area contributed by atoms with E-state index in [-0.39, 0.29) is 17.1 Å². The van der Waals surface area contributed by atoms with Gasteiger partial charge in [-0.3, -0.25) is 4.79 Å². The average Bonchev–Trinajstić information content (AvgIpc) is 2.56. The highest BCUT2D eigenvalue weighted by atomic mass is 16.5. The number of phenolic OH excluding ortho intramolecular Hbond substituents is 1. The summed E-state index contributed by atoms with van der Waals surface area (Å²) in [5.41, 5.74) is 4.68. The minimum absolute atomic E-state index is 0.0400. The molecule has 0 bridgehead atoms. The molecule has 25 heavy (non-hydrogen) atoms. The van der Waals surface area contributed by atoms with E-state index in [1.807, 2.05) is 19.1 Å². The lowest BCUT2D eigenvalue weighted by atomic mass is 9.87. The summed E-state index contributed by atoms with van der Waals surface area (Å²) in [7, 11) is 0. The van der Waals surface area contributed by atoms with Crippen LogP contribution in [0.25, 0.3) is 0 Å². The fraction of sp³-hybridized carbons (Fsp3) is 0.300. The van der Waals surface area contributed by atoms with Crippen LogP contribution in [0.1, 0.15) is 49.2 Å². The largest absolute Gasteiger partial charge is 0.507 e. The Bertz CT molecular complexity index is 760. The van der Waals surface area contributed by atoms with Crippen LogP contribution < -0.4 is 10.2 Å². The molecular weight excluding hydrogens is 316 g/mol. The zero-order valence-corrected chi connectivity index (χ0v) is 15.0. The molecule has 132 valence electrons. The molecule has 0 aromatic heterocycles. The first-order chi connectivity index (χ1) is 11.8. The van der Waals surface area contributed by atoms with E-state index in [2.05, 4.69) is 31.3 Å². The highest BCUT2D eigenvalue weighted by Gasteiger charge is 2.14. The Kier molecular flexibility index (Phi) is 5.80. The zero-order valence-electron chi connectivity index (χ0n) is 15.0. The molecular formula is C20H24N2O3. The van der Waals surface area contributed by atoms with Crippen LogP contribution in [0.5, 0.6) is 11.5 Å². The first kappa shape index (κ1) is 18.5. The number of hydrogen-bond donors (Lipinski definition) is 2. The highest BCUT2D eigenvalue weighted by molar-refractivity contribution is 5.95. The number of amides is 1. The molecule has 0 aliphatic heterocycles.